The summed E-state index contributed by atoms with van der Waals surface area (Å²) in [5.74, 6) is -0.0324. The number of nitrogens with one attached hydrogen (secondary N) is 2. The van der Waals surface area contributed by atoms with Gasteiger partial charge in [0.2, 0.25) is 5.91 Å². The second-order valence-electron chi connectivity index (χ2n) is 9.06. The van der Waals surface area contributed by atoms with Crippen LogP contribution in [0.3, 0.4) is 0 Å². The van der Waals surface area contributed by atoms with Crippen LogP contribution < -0.4 is 15.4 Å². The van der Waals surface area contributed by atoms with Gasteiger partial charge in [0.05, 0.1) is 30.9 Å². The van der Waals surface area contributed by atoms with Crippen molar-refractivity contribution in [3.63, 3.8) is 0 Å². The second-order valence-corrected chi connectivity index (χ2v) is 9.06. The van der Waals surface area contributed by atoms with Crippen molar-refractivity contribution in [3.05, 3.63) is 59.7 Å². The number of anilines is 1. The molecule has 2 aliphatic rings. The predicted octanol–water partition coefficient (Wildman–Crippen LogP) is 3.64. The zero-order valence-corrected chi connectivity index (χ0v) is 19.9. The molecule has 1 atom stereocenters. The highest BCUT2D eigenvalue weighted by atomic mass is 19.4. The van der Waals surface area contributed by atoms with E-state index in [1.807, 2.05) is 24.3 Å². The second kappa shape index (κ2) is 11.3. The summed E-state index contributed by atoms with van der Waals surface area (Å²) in [7, 11) is 0. The lowest BCUT2D eigenvalue weighted by Crippen LogP contribution is -2.61. The summed E-state index contributed by atoms with van der Waals surface area (Å²) < 4.78 is 51.7. The minimum absolute atomic E-state index is 0.152. The lowest BCUT2D eigenvalue weighted by molar-refractivity contribution is -0.163. The predicted molar refractivity (Wildman–Crippen MR) is 128 cm³/mol. The monoisotopic (exact) mass is 505 g/mol. The fraction of sp³-hybridized carbons (Fsp3) is 0.462. The van der Waals surface area contributed by atoms with E-state index < -0.39 is 23.2 Å². The molecule has 10 heteroatoms. The maximum absolute atomic E-state index is 13.3. The number of benzene rings is 2. The van der Waals surface area contributed by atoms with Gasteiger partial charge in [-0.25, -0.2) is 0 Å². The first kappa shape index (κ1) is 26.0. The van der Waals surface area contributed by atoms with E-state index in [1.54, 1.807) is 4.90 Å². The topological polar surface area (TPSA) is 79.9 Å². The number of fused-ring (bicyclic) bond motifs is 1. The standard InChI is InChI=1S/C26H30F3N3O4/c27-26(28,29)20-9-2-3-10-21(20)31-23(33)17-32-14-16-36-25(18-32)12-6-5-8-19-7-1-4-11-22(19)35-15-13-30-24(25)34/h1-4,7,9-11H,5-6,8,12-18H2,(H,30,34)(H,31,33). The summed E-state index contributed by atoms with van der Waals surface area (Å²) in [4.78, 5) is 27.6. The summed E-state index contributed by atoms with van der Waals surface area (Å²) in [5.41, 5.74) is -1.22. The Morgan fingerprint density at radius 3 is 2.69 bits per heavy atom. The minimum atomic E-state index is -4.58. The van der Waals surface area contributed by atoms with Crippen LogP contribution in [0.15, 0.2) is 48.5 Å². The van der Waals surface area contributed by atoms with Crippen LogP contribution in [0.5, 0.6) is 5.75 Å². The third-order valence-electron chi connectivity index (χ3n) is 6.45. The first-order chi connectivity index (χ1) is 17.3. The van der Waals surface area contributed by atoms with Crippen molar-refractivity contribution >= 4 is 17.5 Å². The molecule has 1 saturated heterocycles. The number of carbonyl (C=O) groups excluding carboxylic acids is 2. The number of para-hydroxylation sites is 2. The number of aryl methyl sites for hydroxylation is 1. The van der Waals surface area contributed by atoms with Gasteiger partial charge in [0, 0.05) is 13.1 Å². The van der Waals surface area contributed by atoms with Gasteiger partial charge < -0.3 is 20.1 Å². The van der Waals surface area contributed by atoms with E-state index in [0.29, 0.717) is 26.1 Å². The van der Waals surface area contributed by atoms with Gasteiger partial charge in [-0.05, 0) is 49.4 Å². The molecule has 36 heavy (non-hydrogen) atoms. The zero-order valence-electron chi connectivity index (χ0n) is 19.9. The number of hydrogen-bond donors (Lipinski definition) is 2. The van der Waals surface area contributed by atoms with Crippen molar-refractivity contribution in [2.75, 3.05) is 44.7 Å². The van der Waals surface area contributed by atoms with Gasteiger partial charge in [-0.2, -0.15) is 13.2 Å². The number of alkyl halides is 3. The maximum Gasteiger partial charge on any atom is 0.418 e. The van der Waals surface area contributed by atoms with Gasteiger partial charge in [-0.1, -0.05) is 30.3 Å². The highest BCUT2D eigenvalue weighted by molar-refractivity contribution is 5.93. The van der Waals surface area contributed by atoms with Crippen LogP contribution in [0.4, 0.5) is 18.9 Å². The Bertz CT molecular complexity index is 1080. The van der Waals surface area contributed by atoms with Crippen LogP contribution in [-0.2, 0) is 26.9 Å². The Hall–Kier alpha value is -3.11. The van der Waals surface area contributed by atoms with Gasteiger partial charge in [-0.3, -0.25) is 14.5 Å². The van der Waals surface area contributed by atoms with Crippen molar-refractivity contribution in [2.24, 2.45) is 0 Å². The largest absolute Gasteiger partial charge is 0.491 e. The third-order valence-corrected chi connectivity index (χ3v) is 6.45. The van der Waals surface area contributed by atoms with Crippen molar-refractivity contribution < 1.29 is 32.2 Å². The van der Waals surface area contributed by atoms with Gasteiger partial charge in [0.25, 0.3) is 5.91 Å². The van der Waals surface area contributed by atoms with Crippen molar-refractivity contribution in [3.8, 4) is 5.75 Å². The number of halogens is 3. The van der Waals surface area contributed by atoms with Crippen molar-refractivity contribution in [1.82, 2.24) is 10.2 Å². The molecule has 2 aromatic rings. The molecule has 2 aromatic carbocycles. The van der Waals surface area contributed by atoms with Gasteiger partial charge in [0.15, 0.2) is 5.60 Å². The molecule has 0 radical (unpaired) electrons. The zero-order chi connectivity index (χ0) is 25.6. The van der Waals surface area contributed by atoms with Crippen LogP contribution in [0.1, 0.15) is 30.4 Å². The van der Waals surface area contributed by atoms with Crippen LogP contribution in [0, 0.1) is 0 Å². The Balaban J connectivity index is 1.41. The number of carbonyl (C=O) groups is 2. The van der Waals surface area contributed by atoms with E-state index in [0.717, 1.165) is 36.6 Å². The van der Waals surface area contributed by atoms with Crippen LogP contribution >= 0.6 is 0 Å². The molecular formula is C26H30F3N3O4. The molecule has 1 spiro atoms. The summed E-state index contributed by atoms with van der Waals surface area (Å²) in [6.07, 6.45) is -1.76. The molecule has 194 valence electrons. The van der Waals surface area contributed by atoms with Gasteiger partial charge >= 0.3 is 6.18 Å². The lowest BCUT2D eigenvalue weighted by Gasteiger charge is -2.41. The Kier molecular flexibility index (Phi) is 8.15. The van der Waals surface area contributed by atoms with Gasteiger partial charge in [0.1, 0.15) is 12.4 Å². The summed E-state index contributed by atoms with van der Waals surface area (Å²) in [6.45, 7) is 1.25. The minimum Gasteiger partial charge on any atom is -0.491 e. The van der Waals surface area contributed by atoms with E-state index in [9.17, 15) is 22.8 Å². The number of nitrogens with zero attached hydrogens (tertiary/aromatic N) is 1. The summed E-state index contributed by atoms with van der Waals surface area (Å²) >= 11 is 0. The summed E-state index contributed by atoms with van der Waals surface area (Å²) in [5, 5.41) is 5.26. The number of morpholine rings is 1. The van der Waals surface area contributed by atoms with E-state index >= 15 is 0 Å². The Morgan fingerprint density at radius 2 is 1.86 bits per heavy atom. The average molecular weight is 506 g/mol. The fourth-order valence-corrected chi connectivity index (χ4v) is 4.69. The molecule has 7 nitrogen and oxygen atoms in total. The smallest absolute Gasteiger partial charge is 0.418 e. The van der Waals surface area contributed by atoms with E-state index in [2.05, 4.69) is 10.6 Å². The lowest BCUT2D eigenvalue weighted by atomic mass is 9.91. The van der Waals surface area contributed by atoms with E-state index in [-0.39, 0.29) is 31.3 Å². The number of rotatable bonds is 3. The highest BCUT2D eigenvalue weighted by Crippen LogP contribution is 2.34. The number of hydrogen-bond acceptors (Lipinski definition) is 5. The first-order valence-corrected chi connectivity index (χ1v) is 12.1. The number of amides is 2. The van der Waals surface area contributed by atoms with E-state index in [4.69, 9.17) is 9.47 Å². The van der Waals surface area contributed by atoms with Crippen LogP contribution in [0.2, 0.25) is 0 Å². The SMILES string of the molecule is O=C(CN1CCOC2(CCCCc3ccccc3OCCNC2=O)C1)Nc1ccccc1C(F)(F)F. The van der Waals surface area contributed by atoms with Crippen LogP contribution in [-0.4, -0.2) is 61.7 Å². The molecule has 0 aromatic heterocycles. The molecule has 0 saturated carbocycles. The molecule has 2 heterocycles. The Morgan fingerprint density at radius 1 is 1.08 bits per heavy atom. The number of ether oxygens (including phenoxy) is 2. The average Bonchev–Trinajstić information content (AvgIpc) is 2.84. The van der Waals surface area contributed by atoms with Crippen molar-refractivity contribution in [1.29, 1.82) is 0 Å². The molecule has 1 fully saturated rings. The molecule has 4 rings (SSSR count). The quantitative estimate of drug-likeness (QED) is 0.666. The fourth-order valence-electron chi connectivity index (χ4n) is 4.69. The molecule has 0 aliphatic carbocycles. The molecule has 2 amide bonds. The van der Waals surface area contributed by atoms with Crippen molar-refractivity contribution in [2.45, 2.75) is 37.5 Å². The summed E-state index contributed by atoms with van der Waals surface area (Å²) in [6, 6.07) is 12.7. The molecule has 2 aliphatic heterocycles. The van der Waals surface area contributed by atoms with Gasteiger partial charge in [-0.15, -0.1) is 0 Å². The Labute approximate surface area is 207 Å². The highest BCUT2D eigenvalue weighted by Gasteiger charge is 2.43. The molecule has 2 N–H and O–H groups in total. The normalized spacial score (nSPS) is 21.9. The van der Waals surface area contributed by atoms with Crippen LogP contribution in [0.25, 0.3) is 0 Å². The maximum atomic E-state index is 13.3. The molecular weight excluding hydrogens is 475 g/mol. The third kappa shape index (κ3) is 6.36. The molecule has 0 bridgehead atoms. The van der Waals surface area contributed by atoms with E-state index in [1.165, 1.54) is 18.2 Å². The molecule has 1 unspecified atom stereocenters. The first-order valence-electron chi connectivity index (χ1n) is 12.1.